The first-order valence-electron chi connectivity index (χ1n) is 8.60. The molecule has 1 aromatic carbocycles. The molecule has 0 unspecified atom stereocenters. The second-order valence-electron chi connectivity index (χ2n) is 3.94. The van der Waals surface area contributed by atoms with Gasteiger partial charge in [0.05, 0.1) is 18.5 Å². The highest BCUT2D eigenvalue weighted by molar-refractivity contribution is 5.88. The summed E-state index contributed by atoms with van der Waals surface area (Å²) >= 11 is 0. The summed E-state index contributed by atoms with van der Waals surface area (Å²) < 4.78 is 6.31. The summed E-state index contributed by atoms with van der Waals surface area (Å²) in [4.78, 5) is 11.6. The quantitative estimate of drug-likeness (QED) is 0.838. The number of nitrogens with zero attached hydrogens (tertiary/aromatic N) is 2. The van der Waals surface area contributed by atoms with Crippen molar-refractivity contribution in [2.75, 3.05) is 7.11 Å². The highest BCUT2D eigenvalue weighted by atomic mass is 16.5. The summed E-state index contributed by atoms with van der Waals surface area (Å²) in [5.41, 5.74) is 8.56. The molecule has 0 radical (unpaired) electrons. The number of hydrogen-bond acceptors (Lipinski definition) is 4. The number of methoxy groups -OCH3 is 1. The van der Waals surface area contributed by atoms with Crippen LogP contribution in [0.3, 0.4) is 0 Å². The number of ether oxygens (including phenoxy) is 1. The molecule has 1 aromatic heterocycles. The molecule has 0 saturated carbocycles. The maximum absolute atomic E-state index is 11.6. The second kappa shape index (κ2) is 14.5. The van der Waals surface area contributed by atoms with Crippen LogP contribution in [-0.4, -0.2) is 22.9 Å². The van der Waals surface area contributed by atoms with Crippen molar-refractivity contribution in [2.45, 2.75) is 55.0 Å². The van der Waals surface area contributed by atoms with Crippen molar-refractivity contribution in [1.82, 2.24) is 9.78 Å². The molecule has 0 atom stereocenters. The zero-order chi connectivity index (χ0) is 19.1. The molecule has 24 heavy (non-hydrogen) atoms. The minimum absolute atomic E-state index is 0.404. The predicted molar refractivity (Wildman–Crippen MR) is 102 cm³/mol. The Morgan fingerprint density at radius 1 is 1.08 bits per heavy atom. The number of aryl methyl sites for hydroxylation is 1. The maximum atomic E-state index is 11.6. The lowest BCUT2D eigenvalue weighted by Gasteiger charge is -2.06. The van der Waals surface area contributed by atoms with Gasteiger partial charge in [0.25, 0.3) is 0 Å². The van der Waals surface area contributed by atoms with Gasteiger partial charge in [-0.15, -0.1) is 0 Å². The third-order valence-corrected chi connectivity index (χ3v) is 2.64. The number of carbonyl (C=O) groups is 1. The molecule has 0 spiro atoms. The van der Waals surface area contributed by atoms with Gasteiger partial charge in [0, 0.05) is 6.54 Å². The van der Waals surface area contributed by atoms with Crippen molar-refractivity contribution in [2.24, 2.45) is 5.73 Å². The van der Waals surface area contributed by atoms with Crippen molar-refractivity contribution in [3.8, 4) is 5.69 Å². The third-order valence-electron chi connectivity index (χ3n) is 2.64. The van der Waals surface area contributed by atoms with Gasteiger partial charge in [-0.05, 0) is 30.7 Å². The molecule has 5 nitrogen and oxygen atoms in total. The average molecular weight is 335 g/mol. The fraction of sp³-hybridized carbons (Fsp3) is 0.474. The number of hydrogen-bond donors (Lipinski definition) is 1. The minimum atomic E-state index is -0.404. The largest absolute Gasteiger partial charge is 0.464 e. The summed E-state index contributed by atoms with van der Waals surface area (Å²) in [6, 6.07) is 9.27. The molecule has 2 N–H and O–H groups in total. The Morgan fingerprint density at radius 2 is 1.58 bits per heavy atom. The topological polar surface area (TPSA) is 70.1 Å². The lowest BCUT2D eigenvalue weighted by Crippen LogP contribution is -2.10. The van der Waals surface area contributed by atoms with Gasteiger partial charge in [0.15, 0.2) is 5.69 Å². The van der Waals surface area contributed by atoms with E-state index in [1.54, 1.807) is 10.7 Å². The molecule has 0 aliphatic carbocycles. The summed E-state index contributed by atoms with van der Waals surface area (Å²) in [7, 11) is 1.35. The molecule has 0 bridgehead atoms. The lowest BCUT2D eigenvalue weighted by molar-refractivity contribution is 0.0590. The number of aromatic nitrogens is 2. The van der Waals surface area contributed by atoms with Crippen LogP contribution in [0.2, 0.25) is 0 Å². The molecule has 5 heteroatoms. The van der Waals surface area contributed by atoms with Crippen molar-refractivity contribution >= 4 is 5.97 Å². The zero-order valence-corrected chi connectivity index (χ0v) is 16.4. The van der Waals surface area contributed by atoms with E-state index in [4.69, 9.17) is 10.5 Å². The van der Waals surface area contributed by atoms with E-state index in [2.05, 4.69) is 5.10 Å². The van der Waals surface area contributed by atoms with Gasteiger partial charge in [0.2, 0.25) is 0 Å². The number of benzene rings is 1. The van der Waals surface area contributed by atoms with Crippen LogP contribution in [0.1, 0.15) is 63.3 Å². The van der Waals surface area contributed by atoms with Crippen LogP contribution in [0.15, 0.2) is 30.3 Å². The normalized spacial score (nSPS) is 8.54. The number of nitrogens with two attached hydrogens (primary N) is 1. The second-order valence-corrected chi connectivity index (χ2v) is 3.94. The van der Waals surface area contributed by atoms with E-state index >= 15 is 0 Å². The highest BCUT2D eigenvalue weighted by Crippen LogP contribution is 2.14. The lowest BCUT2D eigenvalue weighted by atomic mass is 10.2. The van der Waals surface area contributed by atoms with Gasteiger partial charge in [-0.3, -0.25) is 0 Å². The van der Waals surface area contributed by atoms with Crippen LogP contribution in [0, 0.1) is 6.92 Å². The van der Waals surface area contributed by atoms with Gasteiger partial charge in [-0.25, -0.2) is 9.48 Å². The smallest absolute Gasteiger partial charge is 0.356 e. The number of carbonyl (C=O) groups excluding carboxylic acids is 1. The SMILES string of the molecule is CC.CC.CC.COC(=O)c1cc(C)nn1-c1ccc(CN)cc1. The monoisotopic (exact) mass is 335 g/mol. The molecule has 2 aromatic rings. The van der Waals surface area contributed by atoms with Gasteiger partial charge < -0.3 is 10.5 Å². The van der Waals surface area contributed by atoms with Crippen molar-refractivity contribution < 1.29 is 9.53 Å². The van der Waals surface area contributed by atoms with Crippen LogP contribution >= 0.6 is 0 Å². The Balaban J connectivity index is 0. The molecule has 1 heterocycles. The Bertz CT molecular complexity index is 560. The van der Waals surface area contributed by atoms with Gasteiger partial charge in [-0.2, -0.15) is 5.10 Å². The van der Waals surface area contributed by atoms with E-state index in [0.717, 1.165) is 16.9 Å². The third kappa shape index (κ3) is 6.96. The van der Waals surface area contributed by atoms with E-state index in [1.807, 2.05) is 72.7 Å². The van der Waals surface area contributed by atoms with Crippen LogP contribution < -0.4 is 5.73 Å². The summed E-state index contributed by atoms with van der Waals surface area (Å²) in [5.74, 6) is -0.404. The Hall–Kier alpha value is -2.14. The Labute approximate surface area is 146 Å². The molecule has 0 amide bonds. The fourth-order valence-corrected chi connectivity index (χ4v) is 1.72. The molecule has 0 aliphatic rings. The zero-order valence-electron chi connectivity index (χ0n) is 16.4. The Morgan fingerprint density at radius 3 is 2.00 bits per heavy atom. The van der Waals surface area contributed by atoms with E-state index in [-0.39, 0.29) is 0 Å². The minimum Gasteiger partial charge on any atom is -0.464 e. The summed E-state index contributed by atoms with van der Waals surface area (Å²) in [5, 5.41) is 4.29. The van der Waals surface area contributed by atoms with Crippen LogP contribution in [-0.2, 0) is 11.3 Å². The average Bonchev–Trinajstić information content (AvgIpc) is 3.07. The molecule has 0 aliphatic heterocycles. The molecule has 0 saturated heterocycles. The molecule has 2 rings (SSSR count). The molecular formula is C19H33N3O2. The first kappa shape index (κ1) is 24.1. The van der Waals surface area contributed by atoms with E-state index in [9.17, 15) is 4.79 Å². The first-order valence-corrected chi connectivity index (χ1v) is 8.60. The van der Waals surface area contributed by atoms with Gasteiger partial charge in [-0.1, -0.05) is 53.7 Å². The van der Waals surface area contributed by atoms with E-state index in [1.165, 1.54) is 7.11 Å². The van der Waals surface area contributed by atoms with Crippen LogP contribution in [0.4, 0.5) is 0 Å². The van der Waals surface area contributed by atoms with Crippen molar-refractivity contribution in [3.05, 3.63) is 47.3 Å². The molecule has 136 valence electrons. The number of esters is 1. The molecular weight excluding hydrogens is 302 g/mol. The predicted octanol–water partition coefficient (Wildman–Crippen LogP) is 4.50. The van der Waals surface area contributed by atoms with Crippen molar-refractivity contribution in [1.29, 1.82) is 0 Å². The number of rotatable bonds is 3. The highest BCUT2D eigenvalue weighted by Gasteiger charge is 2.15. The van der Waals surface area contributed by atoms with Crippen molar-refractivity contribution in [3.63, 3.8) is 0 Å². The maximum Gasteiger partial charge on any atom is 0.356 e. The van der Waals surface area contributed by atoms with Crippen LogP contribution in [0.25, 0.3) is 5.69 Å². The van der Waals surface area contributed by atoms with Gasteiger partial charge in [0.1, 0.15) is 0 Å². The van der Waals surface area contributed by atoms with Crippen LogP contribution in [0.5, 0.6) is 0 Å². The van der Waals surface area contributed by atoms with E-state index in [0.29, 0.717) is 12.2 Å². The Kier molecular flexibility index (Phi) is 14.5. The summed E-state index contributed by atoms with van der Waals surface area (Å²) in [6.45, 7) is 14.3. The van der Waals surface area contributed by atoms with E-state index < -0.39 is 5.97 Å². The fourth-order valence-electron chi connectivity index (χ4n) is 1.72. The standard InChI is InChI=1S/C13H15N3O2.3C2H6/c1-9-7-12(13(17)18-2)16(15-9)11-5-3-10(8-14)4-6-11;3*1-2/h3-7H,8,14H2,1-2H3;3*1-2H3. The molecule has 0 fully saturated rings. The first-order chi connectivity index (χ1) is 11.7. The summed E-state index contributed by atoms with van der Waals surface area (Å²) in [6.07, 6.45) is 0. The van der Waals surface area contributed by atoms with Gasteiger partial charge >= 0.3 is 5.97 Å².